The molecule has 1 aromatic heterocycles. The van der Waals surface area contributed by atoms with Crippen molar-refractivity contribution in [3.63, 3.8) is 0 Å². The third-order valence-electron chi connectivity index (χ3n) is 3.49. The first-order valence-corrected chi connectivity index (χ1v) is 8.13. The van der Waals surface area contributed by atoms with E-state index in [1.54, 1.807) is 4.57 Å². The second kappa shape index (κ2) is 5.58. The molecule has 5 heteroatoms. The standard InChI is InChI=1S/C16H16N2OS2/c1-3-8-18-15(19)14(21-16(18)20)9-12-10(2)17-13-7-5-4-6-11(12)13/h4-7,9,19H,3,8H2,1-2H3/b12-9+. The van der Waals surface area contributed by atoms with Crippen LogP contribution in [0, 0.1) is 3.95 Å². The summed E-state index contributed by atoms with van der Waals surface area (Å²) in [5, 5.41) is 10.4. The summed E-state index contributed by atoms with van der Waals surface area (Å²) in [6, 6.07) is 8.05. The third-order valence-corrected chi connectivity index (χ3v) is 4.87. The highest BCUT2D eigenvalue weighted by Gasteiger charge is 2.18. The van der Waals surface area contributed by atoms with Crippen molar-refractivity contribution >= 4 is 46.6 Å². The van der Waals surface area contributed by atoms with Crippen molar-refractivity contribution in [3.05, 3.63) is 38.7 Å². The maximum atomic E-state index is 10.4. The predicted octanol–water partition coefficient (Wildman–Crippen LogP) is 5.04. The average Bonchev–Trinajstić information content (AvgIpc) is 2.92. The number of allylic oxidation sites excluding steroid dienone is 1. The Morgan fingerprint density at radius 2 is 2.14 bits per heavy atom. The van der Waals surface area contributed by atoms with Crippen LogP contribution in [0.5, 0.6) is 5.88 Å². The van der Waals surface area contributed by atoms with E-state index in [1.807, 2.05) is 31.2 Å². The van der Waals surface area contributed by atoms with Crippen LogP contribution >= 0.6 is 23.6 Å². The zero-order valence-corrected chi connectivity index (χ0v) is 13.6. The molecule has 0 saturated heterocycles. The zero-order valence-electron chi connectivity index (χ0n) is 12.0. The van der Waals surface area contributed by atoms with Crippen molar-refractivity contribution < 1.29 is 5.11 Å². The Balaban J connectivity index is 2.10. The first kappa shape index (κ1) is 14.2. The molecule has 3 nitrogen and oxygen atoms in total. The van der Waals surface area contributed by atoms with Crippen LogP contribution in [0.15, 0.2) is 29.3 Å². The highest BCUT2D eigenvalue weighted by atomic mass is 32.1. The summed E-state index contributed by atoms with van der Waals surface area (Å²) in [5.74, 6) is 0.261. The highest BCUT2D eigenvalue weighted by Crippen LogP contribution is 2.38. The highest BCUT2D eigenvalue weighted by molar-refractivity contribution is 7.73. The van der Waals surface area contributed by atoms with Gasteiger partial charge in [0.05, 0.1) is 10.6 Å². The molecule has 1 aliphatic rings. The molecule has 0 bridgehead atoms. The molecule has 2 aromatic rings. The quantitative estimate of drug-likeness (QED) is 0.805. The van der Waals surface area contributed by atoms with Gasteiger partial charge in [0.25, 0.3) is 0 Å². The van der Waals surface area contributed by atoms with Crippen molar-refractivity contribution in [2.75, 3.05) is 0 Å². The Bertz CT molecular complexity index is 812. The van der Waals surface area contributed by atoms with E-state index in [-0.39, 0.29) is 5.88 Å². The minimum atomic E-state index is 0.261. The Labute approximate surface area is 132 Å². The van der Waals surface area contributed by atoms with E-state index in [4.69, 9.17) is 12.2 Å². The zero-order chi connectivity index (χ0) is 15.0. The Hall–Kier alpha value is -1.72. The summed E-state index contributed by atoms with van der Waals surface area (Å²) in [7, 11) is 0. The summed E-state index contributed by atoms with van der Waals surface area (Å²) in [5.41, 5.74) is 4.12. The maximum absolute atomic E-state index is 10.4. The Kier molecular flexibility index (Phi) is 3.78. The topological polar surface area (TPSA) is 37.5 Å². The number of hydrogen-bond acceptors (Lipinski definition) is 4. The molecule has 3 rings (SSSR count). The van der Waals surface area contributed by atoms with Crippen molar-refractivity contribution in [2.24, 2.45) is 4.99 Å². The van der Waals surface area contributed by atoms with Crippen LogP contribution < -0.4 is 0 Å². The van der Waals surface area contributed by atoms with E-state index in [1.165, 1.54) is 11.3 Å². The van der Waals surface area contributed by atoms with E-state index in [0.29, 0.717) is 3.95 Å². The van der Waals surface area contributed by atoms with E-state index in [9.17, 15) is 5.11 Å². The number of thiazole rings is 1. The van der Waals surface area contributed by atoms with Crippen LogP contribution in [0.1, 0.15) is 30.7 Å². The number of hydrogen-bond donors (Lipinski definition) is 1. The lowest BCUT2D eigenvalue weighted by Gasteiger charge is -2.03. The number of fused-ring (bicyclic) bond motifs is 1. The number of aromatic hydroxyl groups is 1. The summed E-state index contributed by atoms with van der Waals surface area (Å²) in [6.45, 7) is 4.81. The van der Waals surface area contributed by atoms with E-state index in [2.05, 4.69) is 18.0 Å². The Morgan fingerprint density at radius 3 is 2.90 bits per heavy atom. The first-order chi connectivity index (χ1) is 10.1. The molecule has 0 aliphatic carbocycles. The second-order valence-electron chi connectivity index (χ2n) is 4.98. The van der Waals surface area contributed by atoms with Crippen LogP contribution in [0.25, 0.3) is 11.6 Å². The molecule has 0 fully saturated rings. The molecule has 0 amide bonds. The SMILES string of the molecule is CCCn1c(O)c(/C=C2\C(C)=Nc3ccccc32)sc1=S. The van der Waals surface area contributed by atoms with Gasteiger partial charge < -0.3 is 5.11 Å². The molecule has 0 atom stereocenters. The molecule has 21 heavy (non-hydrogen) atoms. The van der Waals surface area contributed by atoms with Gasteiger partial charge in [-0.3, -0.25) is 9.56 Å². The molecule has 1 aliphatic heterocycles. The predicted molar refractivity (Wildman–Crippen MR) is 92.2 cm³/mol. The van der Waals surface area contributed by atoms with E-state index >= 15 is 0 Å². The van der Waals surface area contributed by atoms with Gasteiger partial charge in [0.2, 0.25) is 5.88 Å². The van der Waals surface area contributed by atoms with Crippen LogP contribution in [0.3, 0.4) is 0 Å². The number of aromatic nitrogens is 1. The lowest BCUT2D eigenvalue weighted by Crippen LogP contribution is -1.95. The van der Waals surface area contributed by atoms with Gasteiger partial charge >= 0.3 is 0 Å². The minimum absolute atomic E-state index is 0.261. The van der Waals surface area contributed by atoms with Gasteiger partial charge in [-0.25, -0.2) is 0 Å². The van der Waals surface area contributed by atoms with Gasteiger partial charge in [0.1, 0.15) is 0 Å². The van der Waals surface area contributed by atoms with E-state index in [0.717, 1.165) is 40.4 Å². The maximum Gasteiger partial charge on any atom is 0.210 e. The van der Waals surface area contributed by atoms with Crippen LogP contribution in [-0.4, -0.2) is 15.4 Å². The largest absolute Gasteiger partial charge is 0.493 e. The van der Waals surface area contributed by atoms with E-state index < -0.39 is 0 Å². The molecular weight excluding hydrogens is 300 g/mol. The molecule has 0 unspecified atom stereocenters. The van der Waals surface area contributed by atoms with Crippen molar-refractivity contribution in [1.82, 2.24) is 4.57 Å². The molecule has 0 radical (unpaired) electrons. The molecule has 2 heterocycles. The molecule has 0 saturated carbocycles. The van der Waals surface area contributed by atoms with Crippen LogP contribution in [0.4, 0.5) is 5.69 Å². The van der Waals surface area contributed by atoms with Gasteiger partial charge in [0.15, 0.2) is 3.95 Å². The molecule has 0 spiro atoms. The number of para-hydroxylation sites is 1. The molecule has 108 valence electrons. The lowest BCUT2D eigenvalue weighted by molar-refractivity contribution is 0.413. The summed E-state index contributed by atoms with van der Waals surface area (Å²) in [4.78, 5) is 5.36. The number of nitrogens with zero attached hydrogens (tertiary/aromatic N) is 2. The average molecular weight is 316 g/mol. The van der Waals surface area contributed by atoms with Crippen LogP contribution in [-0.2, 0) is 6.54 Å². The Morgan fingerprint density at radius 1 is 1.38 bits per heavy atom. The van der Waals surface area contributed by atoms with Crippen molar-refractivity contribution in [3.8, 4) is 5.88 Å². The fourth-order valence-electron chi connectivity index (χ4n) is 2.48. The second-order valence-corrected chi connectivity index (χ2v) is 6.66. The monoisotopic (exact) mass is 316 g/mol. The molecule has 1 aromatic carbocycles. The van der Waals surface area contributed by atoms with Crippen LogP contribution in [0.2, 0.25) is 0 Å². The van der Waals surface area contributed by atoms with Gasteiger partial charge in [-0.1, -0.05) is 25.1 Å². The van der Waals surface area contributed by atoms with Gasteiger partial charge in [-0.2, -0.15) is 0 Å². The fourth-order valence-corrected chi connectivity index (χ4v) is 3.78. The summed E-state index contributed by atoms with van der Waals surface area (Å²) in [6.07, 6.45) is 2.94. The number of benzene rings is 1. The molecule has 1 N–H and O–H groups in total. The third kappa shape index (κ3) is 2.47. The van der Waals surface area contributed by atoms with Crippen molar-refractivity contribution in [1.29, 1.82) is 0 Å². The smallest absolute Gasteiger partial charge is 0.210 e. The first-order valence-electron chi connectivity index (χ1n) is 6.91. The molecular formula is C16H16N2OS2. The summed E-state index contributed by atoms with van der Waals surface area (Å²) >= 11 is 6.78. The fraction of sp³-hybridized carbons (Fsp3) is 0.250. The lowest BCUT2D eigenvalue weighted by atomic mass is 10.0. The van der Waals surface area contributed by atoms with Gasteiger partial charge in [-0.15, -0.1) is 11.3 Å². The normalized spacial score (nSPS) is 15.3. The van der Waals surface area contributed by atoms with Gasteiger partial charge in [-0.05, 0) is 37.7 Å². The number of aliphatic imine (C=N–C) groups is 1. The summed E-state index contributed by atoms with van der Waals surface area (Å²) < 4.78 is 2.50. The van der Waals surface area contributed by atoms with Gasteiger partial charge in [0, 0.05) is 23.4 Å². The number of rotatable bonds is 3. The van der Waals surface area contributed by atoms with Crippen molar-refractivity contribution in [2.45, 2.75) is 26.8 Å². The minimum Gasteiger partial charge on any atom is -0.493 e.